The molecule has 0 aromatic heterocycles. The summed E-state index contributed by atoms with van der Waals surface area (Å²) in [4.78, 5) is 0. The summed E-state index contributed by atoms with van der Waals surface area (Å²) in [5, 5.41) is 18.9. The van der Waals surface area contributed by atoms with Crippen molar-refractivity contribution in [2.45, 2.75) is 44.3 Å². The van der Waals surface area contributed by atoms with Crippen LogP contribution in [0.2, 0.25) is 0 Å². The molecule has 2 nitrogen and oxygen atoms in total. The summed E-state index contributed by atoms with van der Waals surface area (Å²) in [5.74, 6) is 0. The van der Waals surface area contributed by atoms with E-state index in [1.54, 1.807) is 13.8 Å². The van der Waals surface area contributed by atoms with Crippen molar-refractivity contribution in [2.24, 2.45) is 0 Å². The van der Waals surface area contributed by atoms with Crippen molar-refractivity contribution in [3.63, 3.8) is 0 Å². The van der Waals surface area contributed by atoms with Gasteiger partial charge in [0.1, 0.15) is 0 Å². The summed E-state index contributed by atoms with van der Waals surface area (Å²) >= 11 is 0. The van der Waals surface area contributed by atoms with Gasteiger partial charge in [-0.15, -0.1) is 0 Å². The minimum absolute atomic E-state index is 0.722. The van der Waals surface area contributed by atoms with Crippen molar-refractivity contribution in [1.29, 1.82) is 0 Å². The molecule has 0 aromatic rings. The zero-order chi connectivity index (χ0) is 7.12. The van der Waals surface area contributed by atoms with Gasteiger partial charge in [0.05, 0.1) is 11.2 Å². The van der Waals surface area contributed by atoms with Gasteiger partial charge in [0.25, 0.3) is 0 Å². The maximum absolute atomic E-state index is 9.47. The number of aliphatic hydroxyl groups is 2. The fraction of sp³-hybridized carbons (Fsp3) is 1.00. The number of hydrogen-bond acceptors (Lipinski definition) is 2. The van der Waals surface area contributed by atoms with Crippen LogP contribution >= 0.6 is 0 Å². The first-order chi connectivity index (χ1) is 3.96. The van der Waals surface area contributed by atoms with E-state index in [-0.39, 0.29) is 0 Å². The van der Waals surface area contributed by atoms with Gasteiger partial charge in [0, 0.05) is 0 Å². The molecule has 1 rings (SSSR count). The van der Waals surface area contributed by atoms with Crippen LogP contribution in [0.3, 0.4) is 0 Å². The van der Waals surface area contributed by atoms with E-state index in [4.69, 9.17) is 0 Å². The molecule has 0 aliphatic heterocycles. The minimum atomic E-state index is -0.854. The van der Waals surface area contributed by atoms with E-state index >= 15 is 0 Å². The average molecular weight is 130 g/mol. The highest BCUT2D eigenvalue weighted by Crippen LogP contribution is 2.38. The zero-order valence-electron chi connectivity index (χ0n) is 6.02. The molecule has 0 radical (unpaired) electrons. The average Bonchev–Trinajstić information content (AvgIpc) is 1.81. The van der Waals surface area contributed by atoms with Gasteiger partial charge in [-0.25, -0.2) is 0 Å². The molecule has 2 N–H and O–H groups in total. The third-order valence-corrected chi connectivity index (χ3v) is 2.49. The van der Waals surface area contributed by atoms with Gasteiger partial charge >= 0.3 is 0 Å². The first-order valence-electron chi connectivity index (χ1n) is 3.40. The molecule has 0 bridgehead atoms. The van der Waals surface area contributed by atoms with Crippen molar-refractivity contribution < 1.29 is 10.2 Å². The molecule has 0 heterocycles. The molecule has 0 amide bonds. The highest BCUT2D eigenvalue weighted by Gasteiger charge is 2.45. The fourth-order valence-electron chi connectivity index (χ4n) is 1.32. The molecule has 54 valence electrons. The molecule has 1 aliphatic rings. The Morgan fingerprint density at radius 1 is 1.00 bits per heavy atom. The third-order valence-electron chi connectivity index (χ3n) is 2.49. The van der Waals surface area contributed by atoms with Crippen LogP contribution in [-0.2, 0) is 0 Å². The van der Waals surface area contributed by atoms with Crippen LogP contribution in [0.15, 0.2) is 0 Å². The molecular formula is C7H14O2. The SMILES string of the molecule is CC1(O)CCCC1(C)O. The Hall–Kier alpha value is -0.0800. The monoisotopic (exact) mass is 130 g/mol. The Labute approximate surface area is 55.5 Å². The molecule has 2 atom stereocenters. The highest BCUT2D eigenvalue weighted by atomic mass is 16.4. The Kier molecular flexibility index (Phi) is 1.33. The van der Waals surface area contributed by atoms with E-state index in [0.717, 1.165) is 19.3 Å². The van der Waals surface area contributed by atoms with E-state index < -0.39 is 11.2 Å². The topological polar surface area (TPSA) is 40.5 Å². The second-order valence-electron chi connectivity index (χ2n) is 3.40. The van der Waals surface area contributed by atoms with E-state index in [1.165, 1.54) is 0 Å². The van der Waals surface area contributed by atoms with Crippen molar-refractivity contribution >= 4 is 0 Å². The van der Waals surface area contributed by atoms with Crippen LogP contribution in [0, 0.1) is 0 Å². The first kappa shape index (κ1) is 7.03. The van der Waals surface area contributed by atoms with Crippen LogP contribution in [0.4, 0.5) is 0 Å². The van der Waals surface area contributed by atoms with Crippen molar-refractivity contribution in [2.75, 3.05) is 0 Å². The van der Waals surface area contributed by atoms with Crippen LogP contribution < -0.4 is 0 Å². The summed E-state index contributed by atoms with van der Waals surface area (Å²) in [7, 11) is 0. The summed E-state index contributed by atoms with van der Waals surface area (Å²) in [6.07, 6.45) is 2.38. The van der Waals surface area contributed by atoms with Crippen molar-refractivity contribution in [3.8, 4) is 0 Å². The van der Waals surface area contributed by atoms with Crippen LogP contribution in [0.1, 0.15) is 33.1 Å². The van der Waals surface area contributed by atoms with Gasteiger partial charge in [-0.1, -0.05) is 0 Å². The van der Waals surface area contributed by atoms with Gasteiger partial charge < -0.3 is 10.2 Å². The van der Waals surface area contributed by atoms with E-state index in [2.05, 4.69) is 0 Å². The maximum atomic E-state index is 9.47. The molecule has 0 aromatic carbocycles. The van der Waals surface area contributed by atoms with E-state index in [0.29, 0.717) is 0 Å². The van der Waals surface area contributed by atoms with Crippen LogP contribution in [0.5, 0.6) is 0 Å². The first-order valence-corrected chi connectivity index (χ1v) is 3.40. The summed E-state index contributed by atoms with van der Waals surface area (Å²) in [6, 6.07) is 0. The van der Waals surface area contributed by atoms with E-state index in [1.807, 2.05) is 0 Å². The Balaban J connectivity index is 2.75. The third kappa shape index (κ3) is 0.970. The van der Waals surface area contributed by atoms with E-state index in [9.17, 15) is 10.2 Å². The second kappa shape index (κ2) is 1.70. The highest BCUT2D eigenvalue weighted by molar-refractivity contribution is 4.98. The van der Waals surface area contributed by atoms with Crippen LogP contribution in [-0.4, -0.2) is 21.4 Å². The van der Waals surface area contributed by atoms with Gasteiger partial charge in [-0.3, -0.25) is 0 Å². The molecular weight excluding hydrogens is 116 g/mol. The summed E-state index contributed by atoms with van der Waals surface area (Å²) in [6.45, 7) is 3.39. The lowest BCUT2D eigenvalue weighted by Crippen LogP contribution is -2.44. The second-order valence-corrected chi connectivity index (χ2v) is 3.40. The maximum Gasteiger partial charge on any atom is 0.0902 e. The smallest absolute Gasteiger partial charge is 0.0902 e. The number of rotatable bonds is 0. The molecule has 1 aliphatic carbocycles. The predicted molar refractivity (Wildman–Crippen MR) is 35.1 cm³/mol. The standard InChI is InChI=1S/C7H14O2/c1-6(8)4-3-5-7(6,2)9/h8-9H,3-5H2,1-2H3. The molecule has 2 heteroatoms. The lowest BCUT2D eigenvalue weighted by Gasteiger charge is -2.31. The Bertz CT molecular complexity index is 102. The molecule has 0 saturated heterocycles. The van der Waals surface area contributed by atoms with Crippen molar-refractivity contribution in [3.05, 3.63) is 0 Å². The fourth-order valence-corrected chi connectivity index (χ4v) is 1.32. The number of hydrogen-bond donors (Lipinski definition) is 2. The molecule has 2 unspecified atom stereocenters. The molecule has 9 heavy (non-hydrogen) atoms. The lowest BCUT2D eigenvalue weighted by atomic mass is 9.90. The lowest BCUT2D eigenvalue weighted by molar-refractivity contribution is -0.107. The predicted octanol–water partition coefficient (Wildman–Crippen LogP) is 0.672. The zero-order valence-corrected chi connectivity index (χ0v) is 6.02. The molecule has 1 saturated carbocycles. The summed E-state index contributed by atoms with van der Waals surface area (Å²) < 4.78 is 0. The quantitative estimate of drug-likeness (QED) is 0.506. The van der Waals surface area contributed by atoms with Gasteiger partial charge in [-0.05, 0) is 33.1 Å². The Morgan fingerprint density at radius 3 is 1.44 bits per heavy atom. The normalized spacial score (nSPS) is 52.0. The van der Waals surface area contributed by atoms with Crippen molar-refractivity contribution in [1.82, 2.24) is 0 Å². The van der Waals surface area contributed by atoms with Gasteiger partial charge in [0.15, 0.2) is 0 Å². The molecule has 0 spiro atoms. The van der Waals surface area contributed by atoms with Gasteiger partial charge in [-0.2, -0.15) is 0 Å². The summed E-state index contributed by atoms with van der Waals surface area (Å²) in [5.41, 5.74) is -1.71. The molecule has 1 fully saturated rings. The van der Waals surface area contributed by atoms with Crippen LogP contribution in [0.25, 0.3) is 0 Å². The minimum Gasteiger partial charge on any atom is -0.387 e. The van der Waals surface area contributed by atoms with Gasteiger partial charge in [0.2, 0.25) is 0 Å². The largest absolute Gasteiger partial charge is 0.387 e. The Morgan fingerprint density at radius 2 is 1.33 bits per heavy atom.